The Bertz CT molecular complexity index is 1030. The van der Waals surface area contributed by atoms with Gasteiger partial charge in [-0.3, -0.25) is 14.3 Å². The predicted octanol–water partition coefficient (Wildman–Crippen LogP) is 3.37. The van der Waals surface area contributed by atoms with Crippen molar-refractivity contribution in [3.05, 3.63) is 51.9 Å². The molecule has 2 aromatic heterocycles. The van der Waals surface area contributed by atoms with Crippen molar-refractivity contribution >= 4 is 21.6 Å². The summed E-state index contributed by atoms with van der Waals surface area (Å²) in [7, 11) is 0. The van der Waals surface area contributed by atoms with E-state index in [1.54, 1.807) is 4.57 Å². The molecule has 0 amide bonds. The molecule has 1 aliphatic rings. The summed E-state index contributed by atoms with van der Waals surface area (Å²) in [6, 6.07) is 9.60. The number of aromatic nitrogens is 2. The summed E-state index contributed by atoms with van der Waals surface area (Å²) in [6.07, 6.45) is 1.13. The Morgan fingerprint density at radius 3 is 2.69 bits per heavy atom. The van der Waals surface area contributed by atoms with Gasteiger partial charge in [-0.15, -0.1) is 11.3 Å². The minimum absolute atomic E-state index is 0.0246. The van der Waals surface area contributed by atoms with E-state index in [0.29, 0.717) is 24.3 Å². The largest absolute Gasteiger partial charge is 0.492 e. The average molecular weight is 413 g/mol. The number of likely N-dealkylation sites (N-methyl/N-ethyl adjacent to an activating group) is 1. The van der Waals surface area contributed by atoms with Crippen molar-refractivity contribution in [3.8, 4) is 11.4 Å². The number of thiophene rings is 1. The number of fused-ring (bicyclic) bond motifs is 1. The third-order valence-electron chi connectivity index (χ3n) is 5.47. The normalized spacial score (nSPS) is 16.2. The van der Waals surface area contributed by atoms with E-state index in [1.165, 1.54) is 11.3 Å². The number of rotatable bonds is 6. The second-order valence-corrected chi connectivity index (χ2v) is 8.17. The lowest BCUT2D eigenvalue weighted by atomic mass is 10.2. The highest BCUT2D eigenvalue weighted by molar-refractivity contribution is 7.16. The van der Waals surface area contributed by atoms with Crippen molar-refractivity contribution in [2.45, 2.75) is 26.8 Å². The molecule has 3 aromatic rings. The zero-order valence-corrected chi connectivity index (χ0v) is 18.0. The zero-order valence-electron chi connectivity index (χ0n) is 17.1. The van der Waals surface area contributed by atoms with Gasteiger partial charge in [0.15, 0.2) is 0 Å². The van der Waals surface area contributed by atoms with Gasteiger partial charge in [0.05, 0.1) is 24.2 Å². The van der Waals surface area contributed by atoms with Crippen LogP contribution < -0.4 is 10.3 Å². The summed E-state index contributed by atoms with van der Waals surface area (Å²) >= 11 is 1.52. The molecule has 0 bridgehead atoms. The Morgan fingerprint density at radius 2 is 1.86 bits per heavy atom. The van der Waals surface area contributed by atoms with Crippen LogP contribution in [0.2, 0.25) is 0 Å². The van der Waals surface area contributed by atoms with Crippen molar-refractivity contribution in [1.29, 1.82) is 0 Å². The van der Waals surface area contributed by atoms with Gasteiger partial charge in [-0.25, -0.2) is 4.98 Å². The van der Waals surface area contributed by atoms with E-state index in [9.17, 15) is 4.79 Å². The van der Waals surface area contributed by atoms with E-state index in [4.69, 9.17) is 9.72 Å². The molecule has 1 fully saturated rings. The minimum Gasteiger partial charge on any atom is -0.492 e. The van der Waals surface area contributed by atoms with Crippen LogP contribution in [0.5, 0.6) is 5.75 Å². The third kappa shape index (κ3) is 4.22. The Hall–Kier alpha value is -2.22. The number of benzene rings is 1. The van der Waals surface area contributed by atoms with Crippen LogP contribution in [0.15, 0.2) is 40.5 Å². The second kappa shape index (κ2) is 9.07. The van der Waals surface area contributed by atoms with E-state index in [-0.39, 0.29) is 5.56 Å². The molecule has 29 heavy (non-hydrogen) atoms. The van der Waals surface area contributed by atoms with E-state index in [0.717, 1.165) is 55.5 Å². The maximum Gasteiger partial charge on any atom is 0.267 e. The van der Waals surface area contributed by atoms with Gasteiger partial charge in [0.1, 0.15) is 16.4 Å². The van der Waals surface area contributed by atoms with Crippen LogP contribution in [0.3, 0.4) is 0 Å². The minimum atomic E-state index is -0.0246. The van der Waals surface area contributed by atoms with E-state index < -0.39 is 0 Å². The topological polar surface area (TPSA) is 50.6 Å². The summed E-state index contributed by atoms with van der Waals surface area (Å²) in [6.45, 7) is 10.6. The van der Waals surface area contributed by atoms with Crippen LogP contribution in [0.1, 0.15) is 26.1 Å². The molecule has 0 unspecified atom stereocenters. The number of hydrogen-bond acceptors (Lipinski definition) is 6. The van der Waals surface area contributed by atoms with E-state index in [1.807, 2.05) is 42.6 Å². The first kappa shape index (κ1) is 20.1. The van der Waals surface area contributed by atoms with Crippen LogP contribution in [-0.4, -0.2) is 58.7 Å². The summed E-state index contributed by atoms with van der Waals surface area (Å²) in [5.74, 6) is 1.49. The third-order valence-corrected chi connectivity index (χ3v) is 6.27. The first-order chi connectivity index (χ1) is 14.2. The summed E-state index contributed by atoms with van der Waals surface area (Å²) in [4.78, 5) is 24.0. The molecule has 154 valence electrons. The maximum absolute atomic E-state index is 13.4. The molecular formula is C22H28N4O2S. The molecule has 3 heterocycles. The van der Waals surface area contributed by atoms with Gasteiger partial charge in [0.25, 0.3) is 5.56 Å². The molecule has 0 atom stereocenters. The highest BCUT2D eigenvalue weighted by atomic mass is 32.1. The average Bonchev–Trinajstić information content (AvgIpc) is 3.09. The molecule has 4 rings (SSSR count). The fraction of sp³-hybridized carbons (Fsp3) is 0.455. The number of ether oxygens (including phenoxy) is 1. The van der Waals surface area contributed by atoms with Gasteiger partial charge in [-0.1, -0.05) is 19.1 Å². The van der Waals surface area contributed by atoms with Gasteiger partial charge < -0.3 is 9.64 Å². The standard InChI is InChI=1S/C22H28N4O2S/c1-3-24-11-7-12-25(14-13-24)16-20-23-21-17(10-15-29-21)22(27)26(20)18-8-5-6-9-19(18)28-4-2/h5-6,8-10,15H,3-4,7,11-14,16H2,1-2H3. The van der Waals surface area contributed by atoms with E-state index in [2.05, 4.69) is 16.7 Å². The quantitative estimate of drug-likeness (QED) is 0.621. The van der Waals surface area contributed by atoms with Crippen LogP contribution >= 0.6 is 11.3 Å². The van der Waals surface area contributed by atoms with Crippen molar-refractivity contribution in [2.75, 3.05) is 39.3 Å². The lowest BCUT2D eigenvalue weighted by molar-refractivity contribution is 0.251. The van der Waals surface area contributed by atoms with Crippen molar-refractivity contribution in [3.63, 3.8) is 0 Å². The molecule has 7 heteroatoms. The lowest BCUT2D eigenvalue weighted by Crippen LogP contribution is -2.33. The molecule has 1 aliphatic heterocycles. The molecule has 0 N–H and O–H groups in total. The van der Waals surface area contributed by atoms with Gasteiger partial charge in [-0.2, -0.15) is 0 Å². The number of nitrogens with zero attached hydrogens (tertiary/aromatic N) is 4. The first-order valence-corrected chi connectivity index (χ1v) is 11.2. The molecule has 6 nitrogen and oxygen atoms in total. The maximum atomic E-state index is 13.4. The SMILES string of the molecule is CCOc1ccccc1-n1c(CN2CCCN(CC)CC2)nc2sccc2c1=O. The zero-order chi connectivity index (χ0) is 20.2. The highest BCUT2D eigenvalue weighted by Gasteiger charge is 2.20. The van der Waals surface area contributed by atoms with Gasteiger partial charge in [-0.05, 0) is 56.6 Å². The second-order valence-electron chi connectivity index (χ2n) is 7.27. The van der Waals surface area contributed by atoms with Gasteiger partial charge in [0, 0.05) is 13.1 Å². The first-order valence-electron chi connectivity index (χ1n) is 10.4. The highest BCUT2D eigenvalue weighted by Crippen LogP contribution is 2.25. The smallest absolute Gasteiger partial charge is 0.267 e. The van der Waals surface area contributed by atoms with Crippen LogP contribution in [-0.2, 0) is 6.54 Å². The van der Waals surface area contributed by atoms with Crippen molar-refractivity contribution in [1.82, 2.24) is 19.4 Å². The molecule has 0 spiro atoms. The predicted molar refractivity (Wildman–Crippen MR) is 118 cm³/mol. The Morgan fingerprint density at radius 1 is 1.07 bits per heavy atom. The van der Waals surface area contributed by atoms with Gasteiger partial charge in [0.2, 0.25) is 0 Å². The van der Waals surface area contributed by atoms with Crippen molar-refractivity contribution < 1.29 is 4.74 Å². The molecular weight excluding hydrogens is 384 g/mol. The number of para-hydroxylation sites is 2. The molecule has 1 aromatic carbocycles. The summed E-state index contributed by atoms with van der Waals surface area (Å²) in [5.41, 5.74) is 0.739. The van der Waals surface area contributed by atoms with Crippen molar-refractivity contribution in [2.24, 2.45) is 0 Å². The molecule has 0 saturated carbocycles. The molecule has 0 aliphatic carbocycles. The Balaban J connectivity index is 1.77. The van der Waals surface area contributed by atoms with E-state index >= 15 is 0 Å². The van der Waals surface area contributed by atoms with Crippen LogP contribution in [0.4, 0.5) is 0 Å². The van der Waals surface area contributed by atoms with Crippen LogP contribution in [0, 0.1) is 0 Å². The molecule has 0 radical (unpaired) electrons. The Kier molecular flexibility index (Phi) is 6.28. The summed E-state index contributed by atoms with van der Waals surface area (Å²) in [5, 5.41) is 2.60. The Labute approximate surface area is 175 Å². The van der Waals surface area contributed by atoms with Gasteiger partial charge >= 0.3 is 0 Å². The molecule has 1 saturated heterocycles. The number of hydrogen-bond donors (Lipinski definition) is 0. The fourth-order valence-corrected chi connectivity index (χ4v) is 4.70. The lowest BCUT2D eigenvalue weighted by Gasteiger charge is -2.23. The monoisotopic (exact) mass is 412 g/mol. The summed E-state index contributed by atoms with van der Waals surface area (Å²) < 4.78 is 7.58. The fourth-order valence-electron chi connectivity index (χ4n) is 3.93. The van der Waals surface area contributed by atoms with Crippen LogP contribution in [0.25, 0.3) is 15.9 Å².